The zero-order valence-corrected chi connectivity index (χ0v) is 10.4. The molecule has 0 saturated heterocycles. The van der Waals surface area contributed by atoms with E-state index in [1.807, 2.05) is 0 Å². The quantitative estimate of drug-likeness (QED) is 0.639. The Labute approximate surface area is 111 Å². The summed E-state index contributed by atoms with van der Waals surface area (Å²) in [6, 6.07) is 5.68. The average molecular weight is 279 g/mol. The molecule has 0 spiro atoms. The van der Waals surface area contributed by atoms with Gasteiger partial charge in [-0.05, 0) is 6.07 Å². The zero-order chi connectivity index (χ0) is 13.8. The first-order valence-electron chi connectivity index (χ1n) is 5.19. The van der Waals surface area contributed by atoms with Gasteiger partial charge in [0.1, 0.15) is 10.6 Å². The van der Waals surface area contributed by atoms with Crippen LogP contribution in [-0.4, -0.2) is 21.0 Å². The third-order valence-electron chi connectivity index (χ3n) is 2.21. The first kappa shape index (κ1) is 13.1. The maximum absolute atomic E-state index is 11.9. The van der Waals surface area contributed by atoms with E-state index in [1.165, 1.54) is 18.2 Å². The highest BCUT2D eigenvalue weighted by Gasteiger charge is 2.20. The van der Waals surface area contributed by atoms with Crippen LogP contribution >= 0.6 is 11.3 Å². The van der Waals surface area contributed by atoms with Crippen molar-refractivity contribution in [1.82, 2.24) is 10.2 Å². The molecule has 1 aromatic carbocycles. The Hall–Kier alpha value is -2.39. The summed E-state index contributed by atoms with van der Waals surface area (Å²) >= 11 is 1.12. The van der Waals surface area contributed by atoms with E-state index in [-0.39, 0.29) is 22.9 Å². The maximum Gasteiger partial charge on any atom is 0.282 e. The number of nitro groups is 1. The number of nitrogens with two attached hydrogens (primary N) is 1. The van der Waals surface area contributed by atoms with Crippen molar-refractivity contribution in [2.24, 2.45) is 5.73 Å². The largest absolute Gasteiger partial charge is 0.324 e. The van der Waals surface area contributed by atoms with E-state index in [2.05, 4.69) is 15.5 Å². The number of nitrogens with zero attached hydrogens (tertiary/aromatic N) is 3. The Morgan fingerprint density at radius 3 is 2.79 bits per heavy atom. The molecule has 8 nitrogen and oxygen atoms in total. The molecular weight excluding hydrogens is 270 g/mol. The van der Waals surface area contributed by atoms with Crippen LogP contribution in [0.3, 0.4) is 0 Å². The number of rotatable bonds is 4. The van der Waals surface area contributed by atoms with Gasteiger partial charge in [-0.2, -0.15) is 0 Å². The van der Waals surface area contributed by atoms with E-state index in [1.54, 1.807) is 6.07 Å². The fourth-order valence-corrected chi connectivity index (χ4v) is 1.99. The fourth-order valence-electron chi connectivity index (χ4n) is 1.38. The number of nitrogens with one attached hydrogen (secondary N) is 1. The van der Waals surface area contributed by atoms with Crippen molar-refractivity contribution >= 4 is 28.1 Å². The lowest BCUT2D eigenvalue weighted by Gasteiger charge is -2.01. The summed E-state index contributed by atoms with van der Waals surface area (Å²) in [5.74, 6) is -0.605. The lowest BCUT2D eigenvalue weighted by Crippen LogP contribution is -2.13. The van der Waals surface area contributed by atoms with Crippen LogP contribution in [0.1, 0.15) is 15.4 Å². The molecule has 0 fully saturated rings. The maximum atomic E-state index is 11.9. The molecule has 98 valence electrons. The number of amides is 1. The van der Waals surface area contributed by atoms with Gasteiger partial charge in [-0.25, -0.2) is 0 Å². The van der Waals surface area contributed by atoms with Crippen LogP contribution in [0.15, 0.2) is 24.3 Å². The molecular formula is C10H9N5O3S. The lowest BCUT2D eigenvalue weighted by molar-refractivity contribution is -0.385. The molecule has 0 saturated carbocycles. The monoisotopic (exact) mass is 279 g/mol. The van der Waals surface area contributed by atoms with Crippen LogP contribution in [0, 0.1) is 10.1 Å². The molecule has 9 heteroatoms. The van der Waals surface area contributed by atoms with Crippen LogP contribution in [0.5, 0.6) is 0 Å². The number of para-hydroxylation sites is 1. The van der Waals surface area contributed by atoms with Gasteiger partial charge in [0, 0.05) is 12.6 Å². The molecule has 1 aromatic heterocycles. The highest BCUT2D eigenvalue weighted by Crippen LogP contribution is 2.20. The molecule has 1 amide bonds. The van der Waals surface area contributed by atoms with E-state index in [0.29, 0.717) is 5.01 Å². The van der Waals surface area contributed by atoms with E-state index in [9.17, 15) is 14.9 Å². The molecule has 2 aromatic rings. The van der Waals surface area contributed by atoms with Crippen molar-refractivity contribution in [3.63, 3.8) is 0 Å². The van der Waals surface area contributed by atoms with Gasteiger partial charge in [0.05, 0.1) is 4.92 Å². The molecule has 1 heterocycles. The van der Waals surface area contributed by atoms with Gasteiger partial charge in [0.2, 0.25) is 5.13 Å². The van der Waals surface area contributed by atoms with Gasteiger partial charge in [-0.3, -0.25) is 20.2 Å². The van der Waals surface area contributed by atoms with Crippen molar-refractivity contribution in [2.45, 2.75) is 6.54 Å². The molecule has 0 radical (unpaired) electrons. The van der Waals surface area contributed by atoms with Crippen LogP contribution < -0.4 is 11.1 Å². The average Bonchev–Trinajstić information content (AvgIpc) is 2.86. The molecule has 0 unspecified atom stereocenters. The number of carbonyl (C=O) groups is 1. The summed E-state index contributed by atoms with van der Waals surface area (Å²) < 4.78 is 0. The second-order valence-corrected chi connectivity index (χ2v) is 4.50. The summed E-state index contributed by atoms with van der Waals surface area (Å²) in [4.78, 5) is 22.1. The van der Waals surface area contributed by atoms with Crippen molar-refractivity contribution in [3.05, 3.63) is 45.0 Å². The van der Waals surface area contributed by atoms with E-state index in [0.717, 1.165) is 11.3 Å². The Balaban J connectivity index is 2.22. The molecule has 2 rings (SSSR count). The number of anilines is 1. The van der Waals surface area contributed by atoms with Crippen molar-refractivity contribution in [1.29, 1.82) is 0 Å². The number of nitro benzene ring substituents is 1. The normalized spacial score (nSPS) is 10.2. The smallest absolute Gasteiger partial charge is 0.282 e. The SMILES string of the molecule is NCc1nnc(NC(=O)c2ccccc2[N+](=O)[O-])s1. The molecule has 0 aliphatic heterocycles. The van der Waals surface area contributed by atoms with Crippen molar-refractivity contribution < 1.29 is 9.72 Å². The third kappa shape index (κ3) is 2.89. The minimum absolute atomic E-state index is 0.0306. The summed E-state index contributed by atoms with van der Waals surface area (Å²) in [5.41, 5.74) is 5.08. The highest BCUT2D eigenvalue weighted by molar-refractivity contribution is 7.15. The Bertz CT molecular complexity index is 627. The van der Waals surface area contributed by atoms with Crippen LogP contribution in [-0.2, 0) is 6.54 Å². The standard InChI is InChI=1S/C10H9N5O3S/c11-5-8-13-14-10(19-8)12-9(16)6-3-1-2-4-7(6)15(17)18/h1-4H,5,11H2,(H,12,14,16). The van der Waals surface area contributed by atoms with E-state index in [4.69, 9.17) is 5.73 Å². The lowest BCUT2D eigenvalue weighted by atomic mass is 10.1. The summed E-state index contributed by atoms with van der Waals surface area (Å²) in [6.07, 6.45) is 0. The van der Waals surface area contributed by atoms with Gasteiger partial charge in [-0.15, -0.1) is 10.2 Å². The number of aromatic nitrogens is 2. The zero-order valence-electron chi connectivity index (χ0n) is 9.57. The molecule has 0 atom stereocenters. The van der Waals surface area contributed by atoms with E-state index >= 15 is 0 Å². The Morgan fingerprint density at radius 2 is 2.16 bits per heavy atom. The van der Waals surface area contributed by atoms with Crippen LogP contribution in [0.25, 0.3) is 0 Å². The van der Waals surface area contributed by atoms with Gasteiger partial charge >= 0.3 is 0 Å². The Morgan fingerprint density at radius 1 is 1.42 bits per heavy atom. The molecule has 19 heavy (non-hydrogen) atoms. The number of benzene rings is 1. The van der Waals surface area contributed by atoms with E-state index < -0.39 is 10.8 Å². The van der Waals surface area contributed by atoms with Gasteiger partial charge in [0.25, 0.3) is 11.6 Å². The van der Waals surface area contributed by atoms with Gasteiger partial charge < -0.3 is 5.73 Å². The summed E-state index contributed by atoms with van der Waals surface area (Å²) in [6.45, 7) is 0.221. The topological polar surface area (TPSA) is 124 Å². The minimum atomic E-state index is -0.611. The number of hydrogen-bond donors (Lipinski definition) is 2. The first-order valence-corrected chi connectivity index (χ1v) is 6.00. The molecule has 3 N–H and O–H groups in total. The number of carbonyl (C=O) groups excluding carboxylic acids is 1. The molecule has 0 bridgehead atoms. The molecule has 0 aliphatic carbocycles. The predicted molar refractivity (Wildman–Crippen MR) is 68.9 cm³/mol. The minimum Gasteiger partial charge on any atom is -0.324 e. The summed E-state index contributed by atoms with van der Waals surface area (Å²) in [7, 11) is 0. The number of hydrogen-bond acceptors (Lipinski definition) is 7. The highest BCUT2D eigenvalue weighted by atomic mass is 32.1. The third-order valence-corrected chi connectivity index (χ3v) is 3.07. The van der Waals surface area contributed by atoms with Crippen molar-refractivity contribution in [2.75, 3.05) is 5.32 Å². The second kappa shape index (κ2) is 5.50. The van der Waals surface area contributed by atoms with Crippen LogP contribution in [0.4, 0.5) is 10.8 Å². The predicted octanol–water partition coefficient (Wildman–Crippen LogP) is 1.16. The fraction of sp³-hybridized carbons (Fsp3) is 0.100. The second-order valence-electron chi connectivity index (χ2n) is 3.43. The van der Waals surface area contributed by atoms with Gasteiger partial charge in [0.15, 0.2) is 0 Å². The molecule has 0 aliphatic rings. The summed E-state index contributed by atoms with van der Waals surface area (Å²) in [5, 5.41) is 21.5. The van der Waals surface area contributed by atoms with Gasteiger partial charge in [-0.1, -0.05) is 23.5 Å². The van der Waals surface area contributed by atoms with Crippen LogP contribution in [0.2, 0.25) is 0 Å². The van der Waals surface area contributed by atoms with Crippen molar-refractivity contribution in [3.8, 4) is 0 Å². The first-order chi connectivity index (χ1) is 9.11. The Kier molecular flexibility index (Phi) is 3.78.